The predicted octanol–water partition coefficient (Wildman–Crippen LogP) is 1.05. The molecule has 0 bridgehead atoms. The standard InChI is InChI=1S/C13H30N2O2/c1-6-15(9-7-8-14(4)5)10-13(16)11-17-12(2)3/h12-13,16H,6-11H2,1-5H3. The van der Waals surface area contributed by atoms with Gasteiger partial charge in [0.15, 0.2) is 0 Å². The van der Waals surface area contributed by atoms with Gasteiger partial charge in [-0.05, 0) is 54.0 Å². The summed E-state index contributed by atoms with van der Waals surface area (Å²) in [6, 6.07) is 0. The van der Waals surface area contributed by atoms with Gasteiger partial charge in [0.1, 0.15) is 0 Å². The Balaban J connectivity index is 3.71. The molecule has 4 nitrogen and oxygen atoms in total. The summed E-state index contributed by atoms with van der Waals surface area (Å²) >= 11 is 0. The smallest absolute Gasteiger partial charge is 0.0900 e. The topological polar surface area (TPSA) is 35.9 Å². The fraction of sp³-hybridized carbons (Fsp3) is 1.00. The quantitative estimate of drug-likeness (QED) is 0.625. The second-order valence-electron chi connectivity index (χ2n) is 5.09. The summed E-state index contributed by atoms with van der Waals surface area (Å²) in [5.74, 6) is 0. The van der Waals surface area contributed by atoms with Crippen LogP contribution >= 0.6 is 0 Å². The van der Waals surface area contributed by atoms with Crippen LogP contribution in [-0.4, -0.2) is 74.0 Å². The van der Waals surface area contributed by atoms with E-state index in [2.05, 4.69) is 30.8 Å². The van der Waals surface area contributed by atoms with Gasteiger partial charge in [-0.15, -0.1) is 0 Å². The summed E-state index contributed by atoms with van der Waals surface area (Å²) in [7, 11) is 4.17. The van der Waals surface area contributed by atoms with Crippen molar-refractivity contribution in [1.29, 1.82) is 0 Å². The molecule has 1 atom stereocenters. The lowest BCUT2D eigenvalue weighted by Gasteiger charge is -2.24. The lowest BCUT2D eigenvalue weighted by molar-refractivity contribution is -0.00811. The Morgan fingerprint density at radius 1 is 1.18 bits per heavy atom. The second kappa shape index (κ2) is 9.83. The molecule has 0 aliphatic heterocycles. The highest BCUT2D eigenvalue weighted by Gasteiger charge is 2.11. The fourth-order valence-corrected chi connectivity index (χ4v) is 1.64. The number of aliphatic hydroxyl groups is 1. The zero-order valence-electron chi connectivity index (χ0n) is 12.1. The third kappa shape index (κ3) is 10.7. The first kappa shape index (κ1) is 16.8. The van der Waals surface area contributed by atoms with Gasteiger partial charge in [0.2, 0.25) is 0 Å². The van der Waals surface area contributed by atoms with Gasteiger partial charge in [-0.25, -0.2) is 0 Å². The number of hydrogen-bond acceptors (Lipinski definition) is 4. The summed E-state index contributed by atoms with van der Waals surface area (Å²) in [5.41, 5.74) is 0. The molecule has 0 amide bonds. The molecule has 0 aliphatic rings. The zero-order valence-corrected chi connectivity index (χ0v) is 12.1. The maximum Gasteiger partial charge on any atom is 0.0900 e. The van der Waals surface area contributed by atoms with Crippen LogP contribution in [-0.2, 0) is 4.74 Å². The first-order valence-corrected chi connectivity index (χ1v) is 6.62. The molecule has 0 aromatic heterocycles. The van der Waals surface area contributed by atoms with Gasteiger partial charge in [-0.2, -0.15) is 0 Å². The Morgan fingerprint density at radius 3 is 2.29 bits per heavy atom. The summed E-state index contributed by atoms with van der Waals surface area (Å²) in [4.78, 5) is 4.46. The Morgan fingerprint density at radius 2 is 1.82 bits per heavy atom. The SMILES string of the molecule is CCN(CCCN(C)C)CC(O)COC(C)C. The van der Waals surface area contributed by atoms with Crippen LogP contribution in [0.4, 0.5) is 0 Å². The van der Waals surface area contributed by atoms with Gasteiger partial charge < -0.3 is 19.6 Å². The maximum absolute atomic E-state index is 9.83. The molecule has 0 saturated carbocycles. The number of ether oxygens (including phenoxy) is 1. The summed E-state index contributed by atoms with van der Waals surface area (Å²) in [5, 5.41) is 9.83. The van der Waals surface area contributed by atoms with Crippen molar-refractivity contribution in [3.05, 3.63) is 0 Å². The molecule has 0 radical (unpaired) electrons. The van der Waals surface area contributed by atoms with Gasteiger partial charge in [-0.3, -0.25) is 0 Å². The predicted molar refractivity (Wildman–Crippen MR) is 72.4 cm³/mol. The van der Waals surface area contributed by atoms with E-state index in [0.717, 1.165) is 26.1 Å². The summed E-state index contributed by atoms with van der Waals surface area (Å²) in [6.07, 6.45) is 0.948. The Bertz CT molecular complexity index is 175. The van der Waals surface area contributed by atoms with E-state index in [-0.39, 0.29) is 12.2 Å². The first-order chi connectivity index (χ1) is 7.95. The minimum atomic E-state index is -0.378. The zero-order chi connectivity index (χ0) is 13.3. The molecular formula is C13H30N2O2. The van der Waals surface area contributed by atoms with Crippen molar-refractivity contribution in [2.75, 3.05) is 46.9 Å². The van der Waals surface area contributed by atoms with Crippen molar-refractivity contribution in [1.82, 2.24) is 9.80 Å². The molecular weight excluding hydrogens is 216 g/mol. The minimum absolute atomic E-state index is 0.188. The van der Waals surface area contributed by atoms with Gasteiger partial charge in [0.25, 0.3) is 0 Å². The van der Waals surface area contributed by atoms with E-state index >= 15 is 0 Å². The third-order valence-electron chi connectivity index (χ3n) is 2.62. The molecule has 0 fully saturated rings. The van der Waals surface area contributed by atoms with Crippen LogP contribution in [0, 0.1) is 0 Å². The van der Waals surface area contributed by atoms with Crippen molar-refractivity contribution in [2.45, 2.75) is 39.4 Å². The number of aliphatic hydroxyl groups excluding tert-OH is 1. The van der Waals surface area contributed by atoms with Crippen LogP contribution < -0.4 is 0 Å². The van der Waals surface area contributed by atoms with Crippen molar-refractivity contribution in [3.8, 4) is 0 Å². The molecule has 0 saturated heterocycles. The van der Waals surface area contributed by atoms with Crippen LogP contribution in [0.15, 0.2) is 0 Å². The normalized spacial score (nSPS) is 13.9. The number of rotatable bonds is 10. The lowest BCUT2D eigenvalue weighted by Crippen LogP contribution is -2.36. The molecule has 0 aliphatic carbocycles. The summed E-state index contributed by atoms with van der Waals surface area (Å²) in [6.45, 7) is 10.3. The van der Waals surface area contributed by atoms with Crippen molar-refractivity contribution in [2.24, 2.45) is 0 Å². The fourth-order valence-electron chi connectivity index (χ4n) is 1.64. The lowest BCUT2D eigenvalue weighted by atomic mass is 10.3. The number of hydrogen-bond donors (Lipinski definition) is 1. The van der Waals surface area contributed by atoms with Crippen molar-refractivity contribution < 1.29 is 9.84 Å². The molecule has 0 spiro atoms. The molecule has 4 heteroatoms. The Hall–Kier alpha value is -0.160. The van der Waals surface area contributed by atoms with Gasteiger partial charge in [-0.1, -0.05) is 6.92 Å². The van der Waals surface area contributed by atoms with Gasteiger partial charge in [0.05, 0.1) is 18.8 Å². The molecule has 0 heterocycles. The van der Waals surface area contributed by atoms with E-state index in [1.54, 1.807) is 0 Å². The monoisotopic (exact) mass is 246 g/mol. The number of likely N-dealkylation sites (N-methyl/N-ethyl adjacent to an activating group) is 1. The average molecular weight is 246 g/mol. The Labute approximate surface area is 107 Å². The van der Waals surface area contributed by atoms with E-state index < -0.39 is 0 Å². The second-order valence-corrected chi connectivity index (χ2v) is 5.09. The van der Waals surface area contributed by atoms with Crippen LogP contribution in [0.25, 0.3) is 0 Å². The third-order valence-corrected chi connectivity index (χ3v) is 2.62. The average Bonchev–Trinajstić information content (AvgIpc) is 2.24. The number of nitrogens with zero attached hydrogens (tertiary/aromatic N) is 2. The highest BCUT2D eigenvalue weighted by molar-refractivity contribution is 4.64. The van der Waals surface area contributed by atoms with Crippen LogP contribution in [0.5, 0.6) is 0 Å². The van der Waals surface area contributed by atoms with E-state index in [4.69, 9.17) is 4.74 Å². The largest absolute Gasteiger partial charge is 0.389 e. The molecule has 0 aromatic rings. The molecule has 0 rings (SSSR count). The van der Waals surface area contributed by atoms with E-state index in [1.807, 2.05) is 13.8 Å². The van der Waals surface area contributed by atoms with Gasteiger partial charge in [0, 0.05) is 6.54 Å². The van der Waals surface area contributed by atoms with Crippen LogP contribution in [0.3, 0.4) is 0 Å². The van der Waals surface area contributed by atoms with E-state index in [0.29, 0.717) is 13.2 Å². The minimum Gasteiger partial charge on any atom is -0.389 e. The van der Waals surface area contributed by atoms with Gasteiger partial charge >= 0.3 is 0 Å². The molecule has 1 N–H and O–H groups in total. The highest BCUT2D eigenvalue weighted by Crippen LogP contribution is 1.98. The molecule has 104 valence electrons. The van der Waals surface area contributed by atoms with Crippen LogP contribution in [0.1, 0.15) is 27.2 Å². The van der Waals surface area contributed by atoms with Crippen LogP contribution in [0.2, 0.25) is 0 Å². The molecule has 17 heavy (non-hydrogen) atoms. The first-order valence-electron chi connectivity index (χ1n) is 6.62. The van der Waals surface area contributed by atoms with Crippen molar-refractivity contribution >= 4 is 0 Å². The summed E-state index contributed by atoms with van der Waals surface area (Å²) < 4.78 is 5.41. The molecule has 0 aromatic carbocycles. The maximum atomic E-state index is 9.83. The van der Waals surface area contributed by atoms with E-state index in [1.165, 1.54) is 0 Å². The Kier molecular flexibility index (Phi) is 9.74. The molecule has 1 unspecified atom stereocenters. The van der Waals surface area contributed by atoms with Crippen molar-refractivity contribution in [3.63, 3.8) is 0 Å². The highest BCUT2D eigenvalue weighted by atomic mass is 16.5. The van der Waals surface area contributed by atoms with E-state index in [9.17, 15) is 5.11 Å².